The zero-order valence-corrected chi connectivity index (χ0v) is 13.7. The third-order valence-electron chi connectivity index (χ3n) is 3.19. The van der Waals surface area contributed by atoms with Gasteiger partial charge in [0, 0.05) is 10.7 Å². The van der Waals surface area contributed by atoms with Gasteiger partial charge < -0.3 is 10.1 Å². The average Bonchev–Trinajstić information content (AvgIpc) is 2.56. The normalized spacial score (nSPS) is 12.4. The number of ether oxygens (including phenoxy) is 1. The van der Waals surface area contributed by atoms with E-state index in [1.807, 2.05) is 0 Å². The summed E-state index contributed by atoms with van der Waals surface area (Å²) >= 11 is 5.73. The minimum Gasteiger partial charge on any atom is -0.449 e. The van der Waals surface area contributed by atoms with Gasteiger partial charge in [-0.05, 0) is 49.4 Å². The predicted molar refractivity (Wildman–Crippen MR) is 86.4 cm³/mol. The molecule has 0 aliphatic heterocycles. The summed E-state index contributed by atoms with van der Waals surface area (Å²) in [5, 5.41) is 2.99. The molecule has 8 heteroatoms. The lowest BCUT2D eigenvalue weighted by Crippen LogP contribution is -2.30. The van der Waals surface area contributed by atoms with Crippen molar-refractivity contribution < 1.29 is 27.5 Å². The molecule has 0 heterocycles. The number of hydrogen-bond acceptors (Lipinski definition) is 3. The van der Waals surface area contributed by atoms with Crippen LogP contribution in [0, 0.1) is 0 Å². The molecule has 0 spiro atoms. The summed E-state index contributed by atoms with van der Waals surface area (Å²) in [7, 11) is 0. The van der Waals surface area contributed by atoms with Gasteiger partial charge >= 0.3 is 12.1 Å². The molecule has 2 aromatic rings. The standard InChI is InChI=1S/C17H13ClF3NO3/c1-10(15(23)22-14-7-5-13(18)6-8-14)25-16(24)11-3-2-4-12(9-11)17(19,20)21/h2-10H,1H3,(H,22,23)/t10-/m0/s1. The smallest absolute Gasteiger partial charge is 0.416 e. The van der Waals surface area contributed by atoms with E-state index in [4.69, 9.17) is 16.3 Å². The Morgan fingerprint density at radius 2 is 1.76 bits per heavy atom. The molecule has 0 aliphatic rings. The van der Waals surface area contributed by atoms with E-state index in [1.54, 1.807) is 24.3 Å². The Hall–Kier alpha value is -2.54. The lowest BCUT2D eigenvalue weighted by Gasteiger charge is -2.14. The van der Waals surface area contributed by atoms with E-state index in [1.165, 1.54) is 13.0 Å². The molecule has 0 saturated heterocycles. The summed E-state index contributed by atoms with van der Waals surface area (Å²) < 4.78 is 42.9. The van der Waals surface area contributed by atoms with Gasteiger partial charge in [-0.2, -0.15) is 13.2 Å². The summed E-state index contributed by atoms with van der Waals surface area (Å²) in [6.07, 6.45) is -5.77. The number of carbonyl (C=O) groups is 2. The van der Waals surface area contributed by atoms with E-state index in [9.17, 15) is 22.8 Å². The van der Waals surface area contributed by atoms with Gasteiger partial charge in [-0.15, -0.1) is 0 Å². The molecule has 0 radical (unpaired) electrons. The zero-order chi connectivity index (χ0) is 18.6. The number of alkyl halides is 3. The molecule has 2 rings (SSSR count). The summed E-state index contributed by atoms with van der Waals surface area (Å²) in [6.45, 7) is 1.32. The molecule has 0 fully saturated rings. The first-order valence-electron chi connectivity index (χ1n) is 7.11. The summed E-state index contributed by atoms with van der Waals surface area (Å²) in [5.74, 6) is -1.65. The van der Waals surface area contributed by atoms with Crippen LogP contribution in [-0.2, 0) is 15.7 Å². The van der Waals surface area contributed by atoms with E-state index < -0.39 is 29.7 Å². The first-order chi connectivity index (χ1) is 11.7. The minimum absolute atomic E-state index is 0.291. The molecule has 25 heavy (non-hydrogen) atoms. The van der Waals surface area contributed by atoms with Gasteiger partial charge in [-0.3, -0.25) is 4.79 Å². The van der Waals surface area contributed by atoms with Crippen molar-refractivity contribution in [3.05, 3.63) is 64.7 Å². The van der Waals surface area contributed by atoms with Gasteiger partial charge in [-0.1, -0.05) is 17.7 Å². The van der Waals surface area contributed by atoms with Crippen LogP contribution in [0.1, 0.15) is 22.8 Å². The van der Waals surface area contributed by atoms with Crippen LogP contribution in [0.15, 0.2) is 48.5 Å². The van der Waals surface area contributed by atoms with Gasteiger partial charge in [0.15, 0.2) is 6.10 Å². The Kier molecular flexibility index (Phi) is 5.69. The number of amides is 1. The monoisotopic (exact) mass is 371 g/mol. The van der Waals surface area contributed by atoms with Gasteiger partial charge in [0.1, 0.15) is 0 Å². The van der Waals surface area contributed by atoms with Crippen molar-refractivity contribution in [1.29, 1.82) is 0 Å². The molecular weight excluding hydrogens is 359 g/mol. The van der Waals surface area contributed by atoms with E-state index in [0.29, 0.717) is 16.8 Å². The molecule has 0 bridgehead atoms. The molecule has 0 aliphatic carbocycles. The minimum atomic E-state index is -4.58. The number of carbonyl (C=O) groups excluding carboxylic acids is 2. The van der Waals surface area contributed by atoms with Crippen molar-refractivity contribution in [1.82, 2.24) is 0 Å². The maximum absolute atomic E-state index is 12.7. The number of esters is 1. The van der Waals surface area contributed by atoms with Crippen molar-refractivity contribution in [2.24, 2.45) is 0 Å². The highest BCUT2D eigenvalue weighted by atomic mass is 35.5. The Bertz CT molecular complexity index is 775. The van der Waals surface area contributed by atoms with Crippen molar-refractivity contribution in [3.63, 3.8) is 0 Å². The topological polar surface area (TPSA) is 55.4 Å². The van der Waals surface area contributed by atoms with E-state index >= 15 is 0 Å². The van der Waals surface area contributed by atoms with Gasteiger partial charge in [0.25, 0.3) is 5.91 Å². The van der Waals surface area contributed by atoms with Crippen LogP contribution < -0.4 is 5.32 Å². The van der Waals surface area contributed by atoms with Crippen LogP contribution in [0.4, 0.5) is 18.9 Å². The summed E-state index contributed by atoms with van der Waals surface area (Å²) in [4.78, 5) is 23.9. The van der Waals surface area contributed by atoms with Crippen molar-refractivity contribution in [2.45, 2.75) is 19.2 Å². The van der Waals surface area contributed by atoms with Gasteiger partial charge in [0.05, 0.1) is 11.1 Å². The molecule has 0 aromatic heterocycles. The number of hydrogen-bond donors (Lipinski definition) is 1. The number of nitrogens with one attached hydrogen (secondary N) is 1. The molecule has 1 amide bonds. The second-order valence-corrected chi connectivity index (χ2v) is 5.56. The van der Waals surface area contributed by atoms with Crippen LogP contribution in [-0.4, -0.2) is 18.0 Å². The quantitative estimate of drug-likeness (QED) is 0.803. The van der Waals surface area contributed by atoms with Crippen molar-refractivity contribution >= 4 is 29.2 Å². The van der Waals surface area contributed by atoms with E-state index in [2.05, 4.69) is 5.32 Å². The largest absolute Gasteiger partial charge is 0.449 e. The Labute approximate surface area is 146 Å². The predicted octanol–water partition coefficient (Wildman–Crippen LogP) is 4.54. The van der Waals surface area contributed by atoms with Crippen molar-refractivity contribution in [3.8, 4) is 0 Å². The number of anilines is 1. The van der Waals surface area contributed by atoms with Crippen molar-refractivity contribution in [2.75, 3.05) is 5.32 Å². The maximum Gasteiger partial charge on any atom is 0.416 e. The van der Waals surface area contributed by atoms with Crippen LogP contribution >= 0.6 is 11.6 Å². The highest BCUT2D eigenvalue weighted by molar-refractivity contribution is 6.30. The Morgan fingerprint density at radius 3 is 2.36 bits per heavy atom. The van der Waals surface area contributed by atoms with Crippen LogP contribution in [0.2, 0.25) is 5.02 Å². The summed E-state index contributed by atoms with van der Waals surface area (Å²) in [5.41, 5.74) is -0.822. The zero-order valence-electron chi connectivity index (χ0n) is 12.9. The molecular formula is C17H13ClF3NO3. The molecule has 2 aromatic carbocycles. The third-order valence-corrected chi connectivity index (χ3v) is 3.44. The van der Waals surface area contributed by atoms with Crippen LogP contribution in [0.5, 0.6) is 0 Å². The fourth-order valence-corrected chi connectivity index (χ4v) is 2.01. The second-order valence-electron chi connectivity index (χ2n) is 5.12. The Balaban J connectivity index is 2.02. The fraction of sp³-hybridized carbons (Fsp3) is 0.176. The first-order valence-corrected chi connectivity index (χ1v) is 7.49. The molecule has 4 nitrogen and oxygen atoms in total. The fourth-order valence-electron chi connectivity index (χ4n) is 1.88. The number of halogens is 4. The number of rotatable bonds is 4. The highest BCUT2D eigenvalue weighted by Gasteiger charge is 2.31. The number of benzene rings is 2. The molecule has 0 saturated carbocycles. The SMILES string of the molecule is C[C@H](OC(=O)c1cccc(C(F)(F)F)c1)C(=O)Nc1ccc(Cl)cc1. The van der Waals surface area contributed by atoms with Crippen LogP contribution in [0.3, 0.4) is 0 Å². The van der Waals surface area contributed by atoms with Gasteiger partial charge in [0.2, 0.25) is 0 Å². The molecule has 1 N–H and O–H groups in total. The molecule has 1 atom stereocenters. The third kappa shape index (κ3) is 5.22. The molecule has 132 valence electrons. The average molecular weight is 372 g/mol. The lowest BCUT2D eigenvalue weighted by atomic mass is 10.1. The highest BCUT2D eigenvalue weighted by Crippen LogP contribution is 2.29. The van der Waals surface area contributed by atoms with E-state index in [0.717, 1.165) is 12.1 Å². The maximum atomic E-state index is 12.7. The van der Waals surface area contributed by atoms with Crippen LogP contribution in [0.25, 0.3) is 0 Å². The first kappa shape index (κ1) is 18.8. The van der Waals surface area contributed by atoms with Gasteiger partial charge in [-0.25, -0.2) is 4.79 Å². The van der Waals surface area contributed by atoms with E-state index in [-0.39, 0.29) is 5.56 Å². The second kappa shape index (κ2) is 7.57. The lowest BCUT2D eigenvalue weighted by molar-refractivity contribution is -0.137. The summed E-state index contributed by atoms with van der Waals surface area (Å²) in [6, 6.07) is 10.0. The molecule has 0 unspecified atom stereocenters. The Morgan fingerprint density at radius 1 is 1.12 bits per heavy atom.